The Morgan fingerprint density at radius 3 is 1.51 bits per heavy atom. The molecular formula is C26H27ClN4O4. The lowest BCUT2D eigenvalue weighted by Gasteiger charge is -2.26. The van der Waals surface area contributed by atoms with Gasteiger partial charge in [0.1, 0.15) is 22.8 Å². The minimum absolute atomic E-state index is 0. The van der Waals surface area contributed by atoms with Gasteiger partial charge in [-0.25, -0.2) is 19.6 Å². The first kappa shape index (κ1) is 23.4. The molecule has 2 fully saturated rings. The highest BCUT2D eigenvalue weighted by atomic mass is 35.5. The van der Waals surface area contributed by atoms with Crippen LogP contribution in [0.1, 0.15) is 38.5 Å². The van der Waals surface area contributed by atoms with E-state index < -0.39 is 11.3 Å². The fourth-order valence-corrected chi connectivity index (χ4v) is 5.12. The van der Waals surface area contributed by atoms with Gasteiger partial charge in [0.25, 0.3) is 0 Å². The summed E-state index contributed by atoms with van der Waals surface area (Å²) >= 11 is 0. The summed E-state index contributed by atoms with van der Waals surface area (Å²) in [6.45, 7) is 1.90. The largest absolute Gasteiger partial charge is 0.422 e. The normalized spacial score (nSPS) is 19.4. The van der Waals surface area contributed by atoms with Crippen LogP contribution in [0.4, 0.5) is 11.4 Å². The monoisotopic (exact) mass is 494 g/mol. The van der Waals surface area contributed by atoms with Gasteiger partial charge in [-0.3, -0.25) is 0 Å². The Hall–Kier alpha value is -3.39. The summed E-state index contributed by atoms with van der Waals surface area (Å²) in [4.78, 5) is 39.8. The van der Waals surface area contributed by atoms with Crippen molar-refractivity contribution in [2.24, 2.45) is 9.98 Å². The summed E-state index contributed by atoms with van der Waals surface area (Å²) in [5.74, 6) is 1.92. The second kappa shape index (κ2) is 9.00. The van der Waals surface area contributed by atoms with Crippen molar-refractivity contribution < 1.29 is 8.83 Å². The molecule has 0 amide bonds. The van der Waals surface area contributed by atoms with Gasteiger partial charge in [-0.05, 0) is 37.8 Å². The molecule has 2 aliphatic rings. The van der Waals surface area contributed by atoms with Crippen LogP contribution in [0.3, 0.4) is 0 Å². The van der Waals surface area contributed by atoms with Gasteiger partial charge in [-0.15, -0.1) is 12.4 Å². The van der Waals surface area contributed by atoms with Crippen molar-refractivity contribution in [2.75, 3.05) is 27.2 Å². The maximum Gasteiger partial charge on any atom is 0.344 e. The second-order valence-corrected chi connectivity index (χ2v) is 9.33. The highest BCUT2D eigenvalue weighted by Gasteiger charge is 2.21. The van der Waals surface area contributed by atoms with Gasteiger partial charge in [0.15, 0.2) is 0 Å². The number of nitrogens with zero attached hydrogens (tertiary/aromatic N) is 4. The number of piperidine rings is 2. The lowest BCUT2D eigenvalue weighted by Crippen LogP contribution is -2.31. The predicted octanol–water partition coefficient (Wildman–Crippen LogP) is 5.20. The lowest BCUT2D eigenvalue weighted by molar-refractivity contribution is 0.434. The molecule has 182 valence electrons. The van der Waals surface area contributed by atoms with E-state index in [0.29, 0.717) is 44.1 Å². The van der Waals surface area contributed by atoms with Crippen molar-refractivity contribution in [3.05, 3.63) is 45.1 Å². The SMILES string of the molecule is CN1CCCCC1=Nc1cc2oc(=O)c3cc(N=C4CCCCN4C)cc4oc(=O)c(c1)c2c43.Cl. The zero-order valence-electron chi connectivity index (χ0n) is 19.8. The fraction of sp³-hybridized carbons (Fsp3) is 0.385. The highest BCUT2D eigenvalue weighted by Crippen LogP contribution is 2.36. The number of halogens is 1. The number of amidine groups is 2. The van der Waals surface area contributed by atoms with Crippen molar-refractivity contribution in [2.45, 2.75) is 38.5 Å². The summed E-state index contributed by atoms with van der Waals surface area (Å²) in [5, 5.41) is 1.91. The molecule has 2 aliphatic heterocycles. The van der Waals surface area contributed by atoms with E-state index in [1.165, 1.54) is 0 Å². The standard InChI is InChI=1S/C26H26N4O4.ClH/c1-29-9-5-3-7-21(29)27-15-11-17-23-19(13-15)33-26(32)18-12-16(14-20(24(18)23)34-25(17)31)28-22-8-4-6-10-30(22)2;/h11-14H,3-10H2,1-2H3;1H. The molecule has 0 radical (unpaired) electrons. The first-order valence-electron chi connectivity index (χ1n) is 11.9. The van der Waals surface area contributed by atoms with Crippen molar-refractivity contribution in [1.29, 1.82) is 0 Å². The molecular weight excluding hydrogens is 468 g/mol. The first-order valence-corrected chi connectivity index (χ1v) is 11.9. The third-order valence-corrected chi connectivity index (χ3v) is 6.95. The molecule has 2 aromatic heterocycles. The molecule has 2 aromatic carbocycles. The van der Waals surface area contributed by atoms with Crippen LogP contribution in [0.15, 0.2) is 52.7 Å². The van der Waals surface area contributed by atoms with Gasteiger partial charge in [0.05, 0.1) is 22.1 Å². The van der Waals surface area contributed by atoms with Gasteiger partial charge in [-0.2, -0.15) is 0 Å². The Balaban J connectivity index is 0.00000253. The first-order chi connectivity index (χ1) is 16.5. The van der Waals surface area contributed by atoms with E-state index in [9.17, 15) is 9.59 Å². The number of rotatable bonds is 2. The Kier molecular flexibility index (Phi) is 6.01. The smallest absolute Gasteiger partial charge is 0.344 e. The summed E-state index contributed by atoms with van der Waals surface area (Å²) in [7, 11) is 4.03. The zero-order valence-corrected chi connectivity index (χ0v) is 20.6. The Labute approximate surface area is 207 Å². The number of likely N-dealkylation sites (tertiary alicyclic amines) is 2. The maximum atomic E-state index is 13.0. The molecule has 4 heterocycles. The summed E-state index contributed by atoms with van der Waals surface area (Å²) in [5.41, 5.74) is 0.890. The average molecular weight is 495 g/mol. The average Bonchev–Trinajstić information content (AvgIpc) is 2.81. The van der Waals surface area contributed by atoms with Crippen LogP contribution in [0.2, 0.25) is 0 Å². The van der Waals surface area contributed by atoms with Gasteiger partial charge in [0.2, 0.25) is 0 Å². The van der Waals surface area contributed by atoms with Gasteiger partial charge in [-0.1, -0.05) is 0 Å². The summed E-state index contributed by atoms with van der Waals surface area (Å²) in [6.07, 6.45) is 6.19. The molecule has 0 bridgehead atoms. The number of aliphatic imine (C=N–C) groups is 2. The molecule has 35 heavy (non-hydrogen) atoms. The molecule has 0 spiro atoms. The summed E-state index contributed by atoms with van der Waals surface area (Å²) < 4.78 is 11.4. The quantitative estimate of drug-likeness (QED) is 0.281. The molecule has 0 N–H and O–H groups in total. The highest BCUT2D eigenvalue weighted by molar-refractivity contribution is 6.20. The van der Waals surface area contributed by atoms with E-state index in [2.05, 4.69) is 9.80 Å². The van der Waals surface area contributed by atoms with Crippen molar-refractivity contribution >= 4 is 68.2 Å². The molecule has 0 unspecified atom stereocenters. The van der Waals surface area contributed by atoms with Crippen molar-refractivity contribution in [1.82, 2.24) is 9.80 Å². The van der Waals surface area contributed by atoms with E-state index in [0.717, 1.165) is 63.3 Å². The zero-order chi connectivity index (χ0) is 23.4. The third-order valence-electron chi connectivity index (χ3n) is 6.95. The Morgan fingerprint density at radius 1 is 0.686 bits per heavy atom. The third kappa shape index (κ3) is 4.05. The summed E-state index contributed by atoms with van der Waals surface area (Å²) in [6, 6.07) is 6.94. The van der Waals surface area contributed by atoms with Crippen molar-refractivity contribution in [3.63, 3.8) is 0 Å². The molecule has 0 aliphatic carbocycles. The van der Waals surface area contributed by atoms with E-state index in [4.69, 9.17) is 18.8 Å². The molecule has 9 heteroatoms. The van der Waals surface area contributed by atoms with Gasteiger partial charge >= 0.3 is 11.3 Å². The minimum atomic E-state index is -0.480. The van der Waals surface area contributed by atoms with Crippen LogP contribution in [-0.2, 0) is 0 Å². The molecule has 0 saturated carbocycles. The second-order valence-electron chi connectivity index (χ2n) is 9.33. The molecule has 0 atom stereocenters. The van der Waals surface area contributed by atoms with Crippen LogP contribution in [0.5, 0.6) is 0 Å². The molecule has 4 aromatic rings. The van der Waals surface area contributed by atoms with Crippen LogP contribution in [0, 0.1) is 0 Å². The number of benzene rings is 2. The van der Waals surface area contributed by atoms with E-state index in [-0.39, 0.29) is 12.4 Å². The van der Waals surface area contributed by atoms with E-state index >= 15 is 0 Å². The van der Waals surface area contributed by atoms with Crippen LogP contribution in [0.25, 0.3) is 32.7 Å². The van der Waals surface area contributed by atoms with Gasteiger partial charge in [0, 0.05) is 62.9 Å². The molecule has 2 saturated heterocycles. The molecule has 6 rings (SSSR count). The molecule has 8 nitrogen and oxygen atoms in total. The van der Waals surface area contributed by atoms with Crippen LogP contribution in [-0.4, -0.2) is 48.7 Å². The topological polar surface area (TPSA) is 91.6 Å². The van der Waals surface area contributed by atoms with E-state index in [1.807, 2.05) is 14.1 Å². The maximum absolute atomic E-state index is 13.0. The van der Waals surface area contributed by atoms with Crippen LogP contribution >= 0.6 is 12.4 Å². The van der Waals surface area contributed by atoms with Gasteiger partial charge < -0.3 is 18.6 Å². The number of hydrogen-bond donors (Lipinski definition) is 0. The van der Waals surface area contributed by atoms with E-state index in [1.54, 1.807) is 24.3 Å². The van der Waals surface area contributed by atoms with Crippen LogP contribution < -0.4 is 11.3 Å². The Bertz CT molecular complexity index is 1480. The fourth-order valence-electron chi connectivity index (χ4n) is 5.12. The number of hydrogen-bond acceptors (Lipinski definition) is 6. The van der Waals surface area contributed by atoms with Crippen molar-refractivity contribution in [3.8, 4) is 0 Å². The predicted molar refractivity (Wildman–Crippen MR) is 142 cm³/mol. The Morgan fingerprint density at radius 2 is 1.11 bits per heavy atom. The lowest BCUT2D eigenvalue weighted by atomic mass is 10.0. The minimum Gasteiger partial charge on any atom is -0.422 e.